The van der Waals surface area contributed by atoms with Gasteiger partial charge in [0.05, 0.1) is 0 Å². The van der Waals surface area contributed by atoms with E-state index < -0.39 is 0 Å². The lowest BCUT2D eigenvalue weighted by Crippen LogP contribution is -2.63. The first-order valence-electron chi connectivity index (χ1n) is 10.6. The summed E-state index contributed by atoms with van der Waals surface area (Å²) in [5, 5.41) is 3.41. The normalized spacial score (nSPS) is 41.4. The number of nitrogens with one attached hydrogen (secondary N) is 1. The summed E-state index contributed by atoms with van der Waals surface area (Å²) in [5.41, 5.74) is 1.40. The predicted octanol–water partition coefficient (Wildman–Crippen LogP) is 4.07. The molecule has 1 heterocycles. The summed E-state index contributed by atoms with van der Waals surface area (Å²) in [6, 6.07) is 5.62. The summed E-state index contributed by atoms with van der Waals surface area (Å²) in [6.45, 7) is 4.11. The molecule has 0 spiro atoms. The molecule has 4 atom stereocenters. The van der Waals surface area contributed by atoms with Crippen molar-refractivity contribution in [2.45, 2.75) is 70.8 Å². The number of hydrogen-bond acceptors (Lipinski definition) is 3. The Labute approximate surface area is 161 Å². The van der Waals surface area contributed by atoms with Gasteiger partial charge in [0.1, 0.15) is 11.5 Å². The molecule has 4 heteroatoms. The standard InChI is InChI=1S/C23H30N2O2/c1-14-6-18(14)20(26)12-22-8-16-7-17(9-22)11-23(10-16,13-22)25-21(27)19-5-3-4-15(2)24-19/h3-5,14,16-18H,6-13H2,1-2H3,(H,25,27). The summed E-state index contributed by atoms with van der Waals surface area (Å²) in [4.78, 5) is 30.1. The predicted molar refractivity (Wildman–Crippen MR) is 103 cm³/mol. The van der Waals surface area contributed by atoms with Crippen molar-refractivity contribution in [1.29, 1.82) is 0 Å². The first kappa shape index (κ1) is 17.4. The fourth-order valence-corrected chi connectivity index (χ4v) is 7.05. The minimum atomic E-state index is -0.123. The fraction of sp³-hybridized carbons (Fsp3) is 0.696. The molecular formula is C23H30N2O2. The van der Waals surface area contributed by atoms with Gasteiger partial charge in [-0.3, -0.25) is 9.59 Å². The number of carbonyl (C=O) groups is 2. The third-order valence-electron chi connectivity index (χ3n) is 7.75. The molecule has 4 bridgehead atoms. The molecule has 4 nitrogen and oxygen atoms in total. The first-order valence-corrected chi connectivity index (χ1v) is 10.6. The fourth-order valence-electron chi connectivity index (χ4n) is 7.05. The largest absolute Gasteiger partial charge is 0.345 e. The van der Waals surface area contributed by atoms with Crippen LogP contribution in [0, 0.1) is 36.0 Å². The van der Waals surface area contributed by atoms with Crippen molar-refractivity contribution in [2.75, 3.05) is 0 Å². The topological polar surface area (TPSA) is 59.1 Å². The number of aryl methyl sites for hydroxylation is 1. The Morgan fingerprint density at radius 3 is 2.48 bits per heavy atom. The van der Waals surface area contributed by atoms with Crippen LogP contribution in [0.2, 0.25) is 0 Å². The number of amides is 1. The van der Waals surface area contributed by atoms with Crippen LogP contribution in [0.1, 0.15) is 74.5 Å². The van der Waals surface area contributed by atoms with Crippen LogP contribution in [-0.4, -0.2) is 22.2 Å². The number of nitrogens with zero attached hydrogens (tertiary/aromatic N) is 1. The molecule has 0 aromatic carbocycles. The van der Waals surface area contributed by atoms with E-state index in [-0.39, 0.29) is 16.9 Å². The van der Waals surface area contributed by atoms with Crippen LogP contribution in [0.3, 0.4) is 0 Å². The second kappa shape index (κ2) is 5.89. The molecule has 1 aromatic heterocycles. The van der Waals surface area contributed by atoms with Crippen LogP contribution in [0.25, 0.3) is 0 Å². The van der Waals surface area contributed by atoms with Crippen LogP contribution in [-0.2, 0) is 4.79 Å². The first-order chi connectivity index (χ1) is 12.9. The average molecular weight is 367 g/mol. The summed E-state index contributed by atoms with van der Waals surface area (Å²) in [6.07, 6.45) is 8.65. The second-order valence-electron chi connectivity index (χ2n) is 10.3. The van der Waals surface area contributed by atoms with Gasteiger partial charge in [-0.15, -0.1) is 0 Å². The third kappa shape index (κ3) is 3.11. The Bertz CT molecular complexity index is 787. The maximum atomic E-state index is 12.9. The average Bonchev–Trinajstić information content (AvgIpc) is 3.30. The molecular weight excluding hydrogens is 336 g/mol. The Morgan fingerprint density at radius 2 is 1.85 bits per heavy atom. The zero-order valence-electron chi connectivity index (χ0n) is 16.5. The summed E-state index contributed by atoms with van der Waals surface area (Å²) in [5.74, 6) is 2.69. The minimum Gasteiger partial charge on any atom is -0.345 e. The zero-order chi connectivity index (χ0) is 18.8. The van der Waals surface area contributed by atoms with Crippen molar-refractivity contribution in [3.05, 3.63) is 29.6 Å². The minimum absolute atomic E-state index is 0.0436. The molecule has 1 aromatic rings. The van der Waals surface area contributed by atoms with Crippen LogP contribution < -0.4 is 5.32 Å². The Kier molecular flexibility index (Phi) is 3.80. The van der Waals surface area contributed by atoms with Crippen molar-refractivity contribution >= 4 is 11.7 Å². The molecule has 5 aliphatic carbocycles. The summed E-state index contributed by atoms with van der Waals surface area (Å²) in [7, 11) is 0. The number of ketones is 1. The number of pyridine rings is 1. The Hall–Kier alpha value is -1.71. The van der Waals surface area contributed by atoms with Crippen molar-refractivity contribution < 1.29 is 9.59 Å². The number of aromatic nitrogens is 1. The lowest BCUT2D eigenvalue weighted by atomic mass is 9.46. The van der Waals surface area contributed by atoms with E-state index in [9.17, 15) is 9.59 Å². The van der Waals surface area contributed by atoms with E-state index in [4.69, 9.17) is 0 Å². The highest BCUT2D eigenvalue weighted by Crippen LogP contribution is 2.63. The van der Waals surface area contributed by atoms with E-state index in [0.29, 0.717) is 35.1 Å². The second-order valence-corrected chi connectivity index (χ2v) is 10.3. The molecule has 0 aliphatic heterocycles. The highest BCUT2D eigenvalue weighted by Gasteiger charge is 2.59. The monoisotopic (exact) mass is 366 g/mol. The molecule has 27 heavy (non-hydrogen) atoms. The van der Waals surface area contributed by atoms with E-state index in [0.717, 1.165) is 37.8 Å². The molecule has 1 N–H and O–H groups in total. The Balaban J connectivity index is 1.36. The maximum Gasteiger partial charge on any atom is 0.270 e. The van der Waals surface area contributed by atoms with Gasteiger partial charge in [-0.25, -0.2) is 4.98 Å². The van der Waals surface area contributed by atoms with Gasteiger partial charge in [-0.05, 0) is 87.2 Å². The van der Waals surface area contributed by atoms with Crippen LogP contribution >= 0.6 is 0 Å². The molecule has 0 saturated heterocycles. The number of carbonyl (C=O) groups excluding carboxylic acids is 2. The maximum absolute atomic E-state index is 12.9. The van der Waals surface area contributed by atoms with Crippen molar-refractivity contribution in [2.24, 2.45) is 29.1 Å². The molecule has 6 rings (SSSR count). The van der Waals surface area contributed by atoms with Crippen LogP contribution in [0.15, 0.2) is 18.2 Å². The quantitative estimate of drug-likeness (QED) is 0.854. The lowest BCUT2D eigenvalue weighted by molar-refractivity contribution is -0.131. The van der Waals surface area contributed by atoms with Gasteiger partial charge < -0.3 is 5.32 Å². The Morgan fingerprint density at radius 1 is 1.15 bits per heavy atom. The van der Waals surface area contributed by atoms with Crippen LogP contribution in [0.4, 0.5) is 0 Å². The van der Waals surface area contributed by atoms with Gasteiger partial charge in [0, 0.05) is 23.6 Å². The van der Waals surface area contributed by atoms with Crippen LogP contribution in [0.5, 0.6) is 0 Å². The molecule has 4 unspecified atom stereocenters. The van der Waals surface area contributed by atoms with E-state index in [1.54, 1.807) is 6.07 Å². The van der Waals surface area contributed by atoms with E-state index >= 15 is 0 Å². The molecule has 1 amide bonds. The number of hydrogen-bond donors (Lipinski definition) is 1. The van der Waals surface area contributed by atoms with Crippen molar-refractivity contribution in [1.82, 2.24) is 10.3 Å². The smallest absolute Gasteiger partial charge is 0.270 e. The summed E-state index contributed by atoms with van der Waals surface area (Å²) >= 11 is 0. The number of rotatable bonds is 5. The molecule has 144 valence electrons. The molecule has 5 fully saturated rings. The van der Waals surface area contributed by atoms with Crippen molar-refractivity contribution in [3.8, 4) is 0 Å². The molecule has 5 saturated carbocycles. The van der Waals surface area contributed by atoms with E-state index in [1.807, 2.05) is 19.1 Å². The van der Waals surface area contributed by atoms with Gasteiger partial charge in [0.15, 0.2) is 0 Å². The summed E-state index contributed by atoms with van der Waals surface area (Å²) < 4.78 is 0. The molecule has 5 aliphatic rings. The molecule has 0 radical (unpaired) electrons. The van der Waals surface area contributed by atoms with Gasteiger partial charge in [-0.1, -0.05) is 13.0 Å². The van der Waals surface area contributed by atoms with Gasteiger partial charge >= 0.3 is 0 Å². The SMILES string of the molecule is Cc1cccc(C(=O)NC23CC4CC(CC(CC(=O)C5CC5C)(C4)C2)C3)n1. The van der Waals surface area contributed by atoms with E-state index in [1.165, 1.54) is 19.3 Å². The van der Waals surface area contributed by atoms with E-state index in [2.05, 4.69) is 17.2 Å². The van der Waals surface area contributed by atoms with Gasteiger partial charge in [-0.2, -0.15) is 0 Å². The highest BCUT2D eigenvalue weighted by atomic mass is 16.2. The van der Waals surface area contributed by atoms with Crippen molar-refractivity contribution in [3.63, 3.8) is 0 Å². The van der Waals surface area contributed by atoms with Gasteiger partial charge in [0.25, 0.3) is 5.91 Å². The highest BCUT2D eigenvalue weighted by molar-refractivity contribution is 5.93. The van der Waals surface area contributed by atoms with Gasteiger partial charge in [0.2, 0.25) is 0 Å². The number of Topliss-reactive ketones (excluding diaryl/α,β-unsaturated/α-hetero) is 1. The third-order valence-corrected chi connectivity index (χ3v) is 7.75. The lowest BCUT2D eigenvalue weighted by Gasteiger charge is -2.62. The zero-order valence-corrected chi connectivity index (χ0v) is 16.5.